The average molecular weight is 258 g/mol. The van der Waals surface area contributed by atoms with Crippen LogP contribution in [0.15, 0.2) is 24.3 Å². The van der Waals surface area contributed by atoms with E-state index in [1.807, 2.05) is 0 Å². The van der Waals surface area contributed by atoms with E-state index in [2.05, 4.69) is 48.7 Å². The molecule has 1 aliphatic heterocycles. The second kappa shape index (κ2) is 4.64. The Hall–Kier alpha value is -1.35. The van der Waals surface area contributed by atoms with E-state index in [4.69, 9.17) is 0 Å². The fraction of sp³-hybridized carbons (Fsp3) is 0.562. The minimum atomic E-state index is 0.184. The summed E-state index contributed by atoms with van der Waals surface area (Å²) < 4.78 is 0. The van der Waals surface area contributed by atoms with Gasteiger partial charge in [-0.3, -0.25) is 4.79 Å². The number of piperidine rings is 1. The Morgan fingerprint density at radius 1 is 1.32 bits per heavy atom. The van der Waals surface area contributed by atoms with Crippen molar-refractivity contribution in [1.29, 1.82) is 0 Å². The fourth-order valence-electron chi connectivity index (χ4n) is 3.42. The third-order valence-electron chi connectivity index (χ3n) is 4.46. The maximum absolute atomic E-state index is 11.2. The molecule has 1 fully saturated rings. The number of benzene rings is 1. The summed E-state index contributed by atoms with van der Waals surface area (Å²) in [5, 5.41) is 6.73. The fourth-order valence-corrected chi connectivity index (χ4v) is 3.42. The molecule has 3 rings (SSSR count). The van der Waals surface area contributed by atoms with Gasteiger partial charge in [0.15, 0.2) is 0 Å². The molecule has 0 spiro atoms. The number of hydrogen-bond acceptors (Lipinski definition) is 2. The van der Waals surface area contributed by atoms with Gasteiger partial charge in [-0.15, -0.1) is 0 Å². The highest BCUT2D eigenvalue weighted by Gasteiger charge is 2.39. The van der Waals surface area contributed by atoms with Crippen molar-refractivity contribution in [2.75, 3.05) is 6.54 Å². The molecular formula is C16H22N2O. The summed E-state index contributed by atoms with van der Waals surface area (Å²) in [6, 6.07) is 9.51. The van der Waals surface area contributed by atoms with Gasteiger partial charge < -0.3 is 10.6 Å². The number of carbonyl (C=O) groups excluding carboxylic acids is 1. The molecule has 102 valence electrons. The summed E-state index contributed by atoms with van der Waals surface area (Å²) in [6.45, 7) is 5.41. The van der Waals surface area contributed by atoms with E-state index in [-0.39, 0.29) is 11.3 Å². The monoisotopic (exact) mass is 258 g/mol. The van der Waals surface area contributed by atoms with Gasteiger partial charge in [-0.05, 0) is 29.4 Å². The molecule has 0 radical (unpaired) electrons. The van der Waals surface area contributed by atoms with Gasteiger partial charge in [-0.1, -0.05) is 38.1 Å². The summed E-state index contributed by atoms with van der Waals surface area (Å²) in [6.07, 6.45) is 2.72. The van der Waals surface area contributed by atoms with Crippen LogP contribution in [0.2, 0.25) is 0 Å². The molecule has 1 amide bonds. The van der Waals surface area contributed by atoms with Gasteiger partial charge in [-0.2, -0.15) is 0 Å². The average Bonchev–Trinajstić information content (AvgIpc) is 2.63. The first kappa shape index (κ1) is 12.7. The van der Waals surface area contributed by atoms with Gasteiger partial charge in [0, 0.05) is 25.0 Å². The van der Waals surface area contributed by atoms with E-state index in [0.717, 1.165) is 19.4 Å². The van der Waals surface area contributed by atoms with E-state index < -0.39 is 0 Å². The summed E-state index contributed by atoms with van der Waals surface area (Å²) in [4.78, 5) is 11.2. The van der Waals surface area contributed by atoms with Gasteiger partial charge in [0.2, 0.25) is 5.91 Å². The Balaban J connectivity index is 1.77. The Kier molecular flexibility index (Phi) is 3.09. The normalized spacial score (nSPS) is 28.8. The van der Waals surface area contributed by atoms with Crippen molar-refractivity contribution in [2.45, 2.75) is 45.2 Å². The topological polar surface area (TPSA) is 41.1 Å². The second-order valence-corrected chi connectivity index (χ2v) is 6.50. The van der Waals surface area contributed by atoms with Crippen LogP contribution >= 0.6 is 0 Å². The zero-order valence-corrected chi connectivity index (χ0v) is 11.7. The van der Waals surface area contributed by atoms with Gasteiger partial charge in [0.25, 0.3) is 0 Å². The minimum absolute atomic E-state index is 0.184. The van der Waals surface area contributed by atoms with Crippen molar-refractivity contribution in [1.82, 2.24) is 10.6 Å². The highest BCUT2D eigenvalue weighted by atomic mass is 16.1. The van der Waals surface area contributed by atoms with Crippen LogP contribution in [0, 0.1) is 5.41 Å². The molecule has 0 saturated carbocycles. The van der Waals surface area contributed by atoms with Crippen LogP contribution in [0.3, 0.4) is 0 Å². The number of carbonyl (C=O) groups is 1. The lowest BCUT2D eigenvalue weighted by Gasteiger charge is -2.34. The van der Waals surface area contributed by atoms with Crippen LogP contribution in [0.1, 0.15) is 43.9 Å². The summed E-state index contributed by atoms with van der Waals surface area (Å²) in [7, 11) is 0. The lowest BCUT2D eigenvalue weighted by molar-refractivity contribution is -0.122. The SMILES string of the molecule is CC1(C)Cc2ccccc2C1NC1CCC(=O)NC1. The third kappa shape index (κ3) is 2.39. The number of fused-ring (bicyclic) bond motifs is 1. The molecule has 0 bridgehead atoms. The molecule has 1 aromatic carbocycles. The van der Waals surface area contributed by atoms with Crippen LogP contribution in [0.4, 0.5) is 0 Å². The quantitative estimate of drug-likeness (QED) is 0.853. The number of amides is 1. The predicted molar refractivity (Wildman–Crippen MR) is 75.8 cm³/mol. The van der Waals surface area contributed by atoms with Crippen molar-refractivity contribution in [3.63, 3.8) is 0 Å². The molecule has 0 aromatic heterocycles. The molecular weight excluding hydrogens is 236 g/mol. The molecule has 1 saturated heterocycles. The molecule has 1 heterocycles. The highest BCUT2D eigenvalue weighted by molar-refractivity contribution is 5.76. The van der Waals surface area contributed by atoms with Crippen LogP contribution in [-0.4, -0.2) is 18.5 Å². The van der Waals surface area contributed by atoms with Crippen LogP contribution in [0.5, 0.6) is 0 Å². The molecule has 3 nitrogen and oxygen atoms in total. The third-order valence-corrected chi connectivity index (χ3v) is 4.46. The summed E-state index contributed by atoms with van der Waals surface area (Å²) >= 11 is 0. The molecule has 19 heavy (non-hydrogen) atoms. The van der Waals surface area contributed by atoms with Gasteiger partial charge in [0.05, 0.1) is 0 Å². The molecule has 2 atom stereocenters. The predicted octanol–water partition coefficient (Wildman–Crippen LogP) is 2.18. The van der Waals surface area contributed by atoms with E-state index in [0.29, 0.717) is 18.5 Å². The van der Waals surface area contributed by atoms with Gasteiger partial charge in [-0.25, -0.2) is 0 Å². The zero-order chi connectivity index (χ0) is 13.5. The smallest absolute Gasteiger partial charge is 0.220 e. The summed E-state index contributed by atoms with van der Waals surface area (Å²) in [5.74, 6) is 0.184. The first-order valence-electron chi connectivity index (χ1n) is 7.17. The van der Waals surface area contributed by atoms with E-state index >= 15 is 0 Å². The van der Waals surface area contributed by atoms with Crippen molar-refractivity contribution >= 4 is 5.91 Å². The molecule has 2 N–H and O–H groups in total. The first-order valence-corrected chi connectivity index (χ1v) is 7.17. The van der Waals surface area contributed by atoms with E-state index in [1.54, 1.807) is 0 Å². The molecule has 2 aliphatic rings. The largest absolute Gasteiger partial charge is 0.355 e. The second-order valence-electron chi connectivity index (χ2n) is 6.50. The van der Waals surface area contributed by atoms with Crippen molar-refractivity contribution in [3.05, 3.63) is 35.4 Å². The Morgan fingerprint density at radius 3 is 2.84 bits per heavy atom. The van der Waals surface area contributed by atoms with Crippen molar-refractivity contribution in [2.24, 2.45) is 5.41 Å². The first-order chi connectivity index (χ1) is 9.06. The minimum Gasteiger partial charge on any atom is -0.355 e. The maximum Gasteiger partial charge on any atom is 0.220 e. The lowest BCUT2D eigenvalue weighted by Crippen LogP contribution is -2.48. The highest BCUT2D eigenvalue weighted by Crippen LogP contribution is 2.45. The van der Waals surface area contributed by atoms with Crippen LogP contribution in [0.25, 0.3) is 0 Å². The molecule has 1 aliphatic carbocycles. The molecule has 3 heteroatoms. The standard InChI is InChI=1S/C16H22N2O/c1-16(2)9-11-5-3-4-6-13(11)15(16)18-12-7-8-14(19)17-10-12/h3-6,12,15,18H,7-10H2,1-2H3,(H,17,19). The number of hydrogen-bond donors (Lipinski definition) is 2. The lowest BCUT2D eigenvalue weighted by atomic mass is 9.84. The maximum atomic E-state index is 11.2. The number of nitrogens with one attached hydrogen (secondary N) is 2. The van der Waals surface area contributed by atoms with E-state index in [9.17, 15) is 4.79 Å². The summed E-state index contributed by atoms with van der Waals surface area (Å²) in [5.41, 5.74) is 3.14. The zero-order valence-electron chi connectivity index (χ0n) is 11.7. The Morgan fingerprint density at radius 2 is 2.11 bits per heavy atom. The number of rotatable bonds is 2. The van der Waals surface area contributed by atoms with E-state index in [1.165, 1.54) is 11.1 Å². The van der Waals surface area contributed by atoms with Crippen LogP contribution in [-0.2, 0) is 11.2 Å². The van der Waals surface area contributed by atoms with Crippen molar-refractivity contribution in [3.8, 4) is 0 Å². The van der Waals surface area contributed by atoms with Gasteiger partial charge in [0.1, 0.15) is 0 Å². The van der Waals surface area contributed by atoms with Crippen molar-refractivity contribution < 1.29 is 4.79 Å². The molecule has 2 unspecified atom stereocenters. The van der Waals surface area contributed by atoms with Gasteiger partial charge >= 0.3 is 0 Å². The van der Waals surface area contributed by atoms with Crippen LogP contribution < -0.4 is 10.6 Å². The Bertz CT molecular complexity index is 485. The Labute approximate surface area is 114 Å². The molecule has 1 aromatic rings.